The van der Waals surface area contributed by atoms with E-state index in [4.69, 9.17) is 14.2 Å². The topological polar surface area (TPSA) is 233 Å². The Bertz CT molecular complexity index is 1620. The van der Waals surface area contributed by atoms with E-state index in [0.29, 0.717) is 0 Å². The highest BCUT2D eigenvalue weighted by molar-refractivity contribution is 7.89. The third kappa shape index (κ3) is 5.98. The minimum absolute atomic E-state index is 0.451. The van der Waals surface area contributed by atoms with Gasteiger partial charge in [0.2, 0.25) is 0 Å². The van der Waals surface area contributed by atoms with E-state index >= 15 is 0 Å². The number of rotatable bonds is 13. The predicted octanol–water partition coefficient (Wildman–Crippen LogP) is 2.22. The minimum atomic E-state index is -7.80. The van der Waals surface area contributed by atoms with Gasteiger partial charge in [-0.05, 0) is 12.1 Å². The molecule has 0 saturated heterocycles. The summed E-state index contributed by atoms with van der Waals surface area (Å²) in [7, 11) is -30.7. The molecule has 14 nitrogen and oxygen atoms in total. The molecule has 0 fully saturated rings. The third-order valence-electron chi connectivity index (χ3n) is 4.28. The zero-order valence-corrected chi connectivity index (χ0v) is 22.0. The summed E-state index contributed by atoms with van der Waals surface area (Å²) in [5, 5.41) is -20.7. The van der Waals surface area contributed by atoms with Crippen LogP contribution >= 0.6 is 0 Å². The second kappa shape index (κ2) is 10.4. The van der Waals surface area contributed by atoms with Crippen LogP contribution in [0.3, 0.4) is 0 Å². The Morgan fingerprint density at radius 3 is 1.00 bits per heavy atom. The lowest BCUT2D eigenvalue weighted by Gasteiger charge is -2.30. The molecular formula is C13H6F12O14S4. The SMILES string of the molecule is O=C(O)c1cc(OS(=O)(=O)C(F)(F)C(F)(F)C(F)(F)S(=O)(=O)O)cc(OS(=O)(=O)C(F)(F)C(F)(F)C(F)(F)S(=O)(=O)O)c1. The second-order valence-corrected chi connectivity index (χ2v) is 13.3. The molecule has 0 amide bonds. The van der Waals surface area contributed by atoms with Crippen LogP contribution in [0, 0.1) is 0 Å². The molecule has 0 atom stereocenters. The number of carboxylic acid groups (broad SMARTS) is 1. The van der Waals surface area contributed by atoms with Gasteiger partial charge < -0.3 is 13.5 Å². The molecule has 250 valence electrons. The highest BCUT2D eigenvalue weighted by atomic mass is 32.2. The largest absolute Gasteiger partial charge is 0.478 e. The van der Waals surface area contributed by atoms with E-state index in [9.17, 15) is 91.2 Å². The number of benzene rings is 1. The van der Waals surface area contributed by atoms with Crippen LogP contribution in [0.4, 0.5) is 52.7 Å². The fraction of sp³-hybridized carbons (Fsp3) is 0.462. The van der Waals surface area contributed by atoms with Crippen molar-refractivity contribution in [2.45, 2.75) is 32.9 Å². The Kier molecular flexibility index (Phi) is 9.21. The van der Waals surface area contributed by atoms with Crippen LogP contribution in [-0.2, 0) is 40.5 Å². The predicted molar refractivity (Wildman–Crippen MR) is 105 cm³/mol. The average molecular weight is 742 g/mol. The van der Waals surface area contributed by atoms with Gasteiger partial charge in [-0.3, -0.25) is 9.11 Å². The Balaban J connectivity index is 3.78. The van der Waals surface area contributed by atoms with E-state index < -0.39 is 115 Å². The quantitative estimate of drug-likeness (QED) is 0.150. The third-order valence-corrected chi connectivity index (χ3v) is 8.68. The Morgan fingerprint density at radius 2 is 0.791 bits per heavy atom. The lowest BCUT2D eigenvalue weighted by Crippen LogP contribution is -2.61. The second-order valence-electron chi connectivity index (χ2n) is 7.24. The molecule has 0 aliphatic heterocycles. The molecule has 0 unspecified atom stereocenters. The van der Waals surface area contributed by atoms with Gasteiger partial charge in [-0.2, -0.15) is 86.4 Å². The Labute approximate surface area is 228 Å². The summed E-state index contributed by atoms with van der Waals surface area (Å²) in [4.78, 5) is 11.1. The summed E-state index contributed by atoms with van der Waals surface area (Å²) in [6, 6.07) is -1.66. The van der Waals surface area contributed by atoms with Crippen molar-refractivity contribution < 1.29 is 114 Å². The summed E-state index contributed by atoms with van der Waals surface area (Å²) in [6.07, 6.45) is 0. The van der Waals surface area contributed by atoms with Crippen molar-refractivity contribution in [2.24, 2.45) is 0 Å². The molecule has 1 aromatic rings. The summed E-state index contributed by atoms with van der Waals surface area (Å²) in [5.41, 5.74) is -1.81. The van der Waals surface area contributed by atoms with Gasteiger partial charge >= 0.3 is 79.3 Å². The molecule has 1 rings (SSSR count). The molecule has 3 N–H and O–H groups in total. The van der Waals surface area contributed by atoms with Gasteiger partial charge in [0.1, 0.15) is 11.5 Å². The van der Waals surface area contributed by atoms with Crippen molar-refractivity contribution >= 4 is 46.4 Å². The summed E-state index contributed by atoms with van der Waals surface area (Å²) < 4.78 is 274. The molecule has 1 aromatic carbocycles. The van der Waals surface area contributed by atoms with Crippen LogP contribution in [0.25, 0.3) is 0 Å². The van der Waals surface area contributed by atoms with E-state index in [1.54, 1.807) is 0 Å². The van der Waals surface area contributed by atoms with Crippen LogP contribution in [0.1, 0.15) is 10.4 Å². The van der Waals surface area contributed by atoms with E-state index in [1.807, 2.05) is 0 Å². The zero-order valence-electron chi connectivity index (χ0n) is 18.7. The summed E-state index contributed by atoms with van der Waals surface area (Å²) in [5.74, 6) is -22.5. The van der Waals surface area contributed by atoms with Crippen molar-refractivity contribution in [2.75, 3.05) is 0 Å². The fourth-order valence-electron chi connectivity index (χ4n) is 2.13. The standard InChI is InChI=1S/C13H6F12O14S4/c14-8(15,10(18,19)40(28,29)30)12(22,23)42(34,35)38-5-1-4(7(26)27)2-6(3-5)39-43(36,37)13(24,25)9(16,17)11(20,21)41(31,32)33/h1-3H,(H,26,27)(H,28,29,30)(H,31,32,33). The van der Waals surface area contributed by atoms with Gasteiger partial charge in [-0.15, -0.1) is 0 Å². The van der Waals surface area contributed by atoms with Crippen molar-refractivity contribution in [1.29, 1.82) is 0 Å². The smallest absolute Gasteiger partial charge is 0.450 e. The van der Waals surface area contributed by atoms with Gasteiger partial charge in [0.25, 0.3) is 0 Å². The molecule has 0 heterocycles. The molecule has 0 spiro atoms. The molecule has 0 saturated carbocycles. The number of hydrogen-bond acceptors (Lipinski definition) is 11. The van der Waals surface area contributed by atoms with E-state index in [-0.39, 0.29) is 0 Å². The number of hydrogen-bond donors (Lipinski definition) is 3. The molecule has 43 heavy (non-hydrogen) atoms. The van der Waals surface area contributed by atoms with Crippen LogP contribution in [0.2, 0.25) is 0 Å². The normalized spacial score (nSPS) is 15.2. The summed E-state index contributed by atoms with van der Waals surface area (Å²) in [6.45, 7) is 0. The van der Waals surface area contributed by atoms with E-state index in [1.165, 1.54) is 0 Å². The molecule has 0 radical (unpaired) electrons. The van der Waals surface area contributed by atoms with Crippen molar-refractivity contribution in [3.05, 3.63) is 23.8 Å². The van der Waals surface area contributed by atoms with Crippen molar-refractivity contribution in [1.82, 2.24) is 0 Å². The maximum absolute atomic E-state index is 13.9. The van der Waals surface area contributed by atoms with Gasteiger partial charge in [0, 0.05) is 6.07 Å². The number of alkyl halides is 12. The highest BCUT2D eigenvalue weighted by Crippen LogP contribution is 2.52. The van der Waals surface area contributed by atoms with Gasteiger partial charge in [0.15, 0.2) is 0 Å². The van der Waals surface area contributed by atoms with Crippen molar-refractivity contribution in [3.8, 4) is 11.5 Å². The average Bonchev–Trinajstić information content (AvgIpc) is 2.75. The first-order valence-electron chi connectivity index (χ1n) is 8.93. The molecule has 0 bridgehead atoms. The van der Waals surface area contributed by atoms with Crippen LogP contribution in [-0.4, -0.2) is 86.7 Å². The lowest BCUT2D eigenvalue weighted by atomic mass is 10.2. The first kappa shape index (κ1) is 38.2. The minimum Gasteiger partial charge on any atom is -0.478 e. The molecule has 0 aromatic heterocycles. The fourth-order valence-corrected chi connectivity index (χ4v) is 4.95. The van der Waals surface area contributed by atoms with Gasteiger partial charge in [0.05, 0.1) is 5.56 Å². The highest BCUT2D eigenvalue weighted by Gasteiger charge is 2.84. The molecular weight excluding hydrogens is 736 g/mol. The van der Waals surface area contributed by atoms with Crippen LogP contribution < -0.4 is 8.37 Å². The molecule has 0 aliphatic rings. The van der Waals surface area contributed by atoms with Gasteiger partial charge in [-0.25, -0.2) is 4.79 Å². The number of carboxylic acids is 1. The monoisotopic (exact) mass is 742 g/mol. The number of carbonyl (C=O) groups is 1. The number of halogens is 12. The van der Waals surface area contributed by atoms with E-state index in [2.05, 4.69) is 8.37 Å². The van der Waals surface area contributed by atoms with Crippen LogP contribution in [0.15, 0.2) is 18.2 Å². The Morgan fingerprint density at radius 1 is 0.535 bits per heavy atom. The van der Waals surface area contributed by atoms with Gasteiger partial charge in [-0.1, -0.05) is 0 Å². The lowest BCUT2D eigenvalue weighted by molar-refractivity contribution is -0.247. The maximum Gasteiger partial charge on any atom is 0.450 e. The molecule has 30 heteroatoms. The number of aromatic carboxylic acids is 1. The first-order chi connectivity index (χ1) is 18.5. The maximum atomic E-state index is 13.9. The summed E-state index contributed by atoms with van der Waals surface area (Å²) >= 11 is 0. The van der Waals surface area contributed by atoms with Crippen molar-refractivity contribution in [3.63, 3.8) is 0 Å². The Hall–Kier alpha value is -2.83. The van der Waals surface area contributed by atoms with E-state index in [0.717, 1.165) is 0 Å². The first-order valence-corrected chi connectivity index (χ1v) is 14.6. The van der Waals surface area contributed by atoms with Crippen LogP contribution in [0.5, 0.6) is 11.5 Å². The molecule has 0 aliphatic carbocycles. The zero-order chi connectivity index (χ0) is 34.8.